The zero-order chi connectivity index (χ0) is 18.4. The van der Waals surface area contributed by atoms with Crippen LogP contribution < -0.4 is 4.74 Å². The van der Waals surface area contributed by atoms with E-state index in [1.54, 1.807) is 25.8 Å². The average molecular weight is 354 g/mol. The molecule has 7 nitrogen and oxygen atoms in total. The first-order valence-electron chi connectivity index (χ1n) is 9.15. The third-order valence-electron chi connectivity index (χ3n) is 4.59. The van der Waals surface area contributed by atoms with Gasteiger partial charge in [-0.1, -0.05) is 20.3 Å². The first kappa shape index (κ1) is 18.3. The second-order valence-electron chi connectivity index (χ2n) is 6.19. The van der Waals surface area contributed by atoms with Crippen LogP contribution in [0.2, 0.25) is 0 Å². The van der Waals surface area contributed by atoms with Crippen molar-refractivity contribution in [1.82, 2.24) is 29.6 Å². The van der Waals surface area contributed by atoms with Gasteiger partial charge in [0.25, 0.3) is 0 Å². The lowest BCUT2D eigenvalue weighted by atomic mass is 10.1. The van der Waals surface area contributed by atoms with Crippen molar-refractivity contribution in [1.29, 1.82) is 0 Å². The molecule has 7 heteroatoms. The predicted molar refractivity (Wildman–Crippen MR) is 102 cm³/mol. The van der Waals surface area contributed by atoms with Crippen LogP contribution in [-0.4, -0.2) is 56.4 Å². The maximum atomic E-state index is 5.45. The minimum Gasteiger partial charge on any atom is -0.496 e. The van der Waals surface area contributed by atoms with Crippen LogP contribution in [0.1, 0.15) is 26.7 Å². The molecule has 3 aromatic rings. The molecule has 3 rings (SSSR count). The van der Waals surface area contributed by atoms with Crippen LogP contribution in [0.15, 0.2) is 31.0 Å². The van der Waals surface area contributed by atoms with Crippen molar-refractivity contribution in [3.63, 3.8) is 0 Å². The smallest absolute Gasteiger partial charge is 0.161 e. The zero-order valence-electron chi connectivity index (χ0n) is 15.7. The number of nitrogens with zero attached hydrogens (tertiary/aromatic N) is 6. The normalized spacial score (nSPS) is 11.4. The Morgan fingerprint density at radius 2 is 2.04 bits per heavy atom. The highest BCUT2D eigenvalue weighted by atomic mass is 16.5. The highest BCUT2D eigenvalue weighted by Gasteiger charge is 2.15. The van der Waals surface area contributed by atoms with E-state index in [-0.39, 0.29) is 0 Å². The molecule has 0 aliphatic carbocycles. The molecule has 0 spiro atoms. The van der Waals surface area contributed by atoms with Crippen molar-refractivity contribution in [2.24, 2.45) is 0 Å². The lowest BCUT2D eigenvalue weighted by Gasteiger charge is -2.19. The number of hydrogen-bond acceptors (Lipinski definition) is 6. The molecule has 3 heterocycles. The van der Waals surface area contributed by atoms with E-state index in [0.29, 0.717) is 0 Å². The number of unbranched alkanes of at least 4 members (excludes halogenated alkanes) is 1. The maximum Gasteiger partial charge on any atom is 0.161 e. The Labute approximate surface area is 154 Å². The van der Waals surface area contributed by atoms with Crippen LogP contribution in [0.25, 0.3) is 22.3 Å². The van der Waals surface area contributed by atoms with Crippen LogP contribution in [0.5, 0.6) is 5.75 Å². The van der Waals surface area contributed by atoms with Gasteiger partial charge < -0.3 is 9.64 Å². The molecule has 0 aliphatic rings. The summed E-state index contributed by atoms with van der Waals surface area (Å²) in [7, 11) is 1.65. The summed E-state index contributed by atoms with van der Waals surface area (Å²) in [5.74, 6) is 0.740. The monoisotopic (exact) mass is 354 g/mol. The van der Waals surface area contributed by atoms with Crippen molar-refractivity contribution in [2.75, 3.05) is 26.7 Å². The summed E-state index contributed by atoms with van der Waals surface area (Å²) in [6.45, 7) is 8.36. The first-order chi connectivity index (χ1) is 12.8. The van der Waals surface area contributed by atoms with E-state index in [1.165, 1.54) is 12.8 Å². The summed E-state index contributed by atoms with van der Waals surface area (Å²) in [5.41, 5.74) is 2.48. The summed E-state index contributed by atoms with van der Waals surface area (Å²) in [5, 5.41) is 5.46. The molecular formula is C19H26N6O. The molecule has 0 bridgehead atoms. The van der Waals surface area contributed by atoms with E-state index in [4.69, 9.17) is 4.74 Å². The maximum absolute atomic E-state index is 5.45. The summed E-state index contributed by atoms with van der Waals surface area (Å²) in [6, 6.07) is 1.83. The van der Waals surface area contributed by atoms with E-state index in [0.717, 1.165) is 54.2 Å². The summed E-state index contributed by atoms with van der Waals surface area (Å²) < 4.78 is 7.41. The van der Waals surface area contributed by atoms with Gasteiger partial charge in [-0.2, -0.15) is 5.10 Å². The van der Waals surface area contributed by atoms with E-state index >= 15 is 0 Å². The molecule has 0 aliphatic heterocycles. The number of ether oxygens (including phenoxy) is 1. The fraction of sp³-hybridized carbons (Fsp3) is 0.474. The Bertz CT molecular complexity index is 847. The number of likely N-dealkylation sites (N-methyl/N-ethyl adjacent to an activating group) is 1. The van der Waals surface area contributed by atoms with Crippen molar-refractivity contribution in [3.8, 4) is 17.0 Å². The van der Waals surface area contributed by atoms with Gasteiger partial charge >= 0.3 is 0 Å². The highest BCUT2D eigenvalue weighted by Crippen LogP contribution is 2.31. The Morgan fingerprint density at radius 1 is 1.15 bits per heavy atom. The molecule has 3 aromatic heterocycles. The quantitative estimate of drug-likeness (QED) is 0.588. The van der Waals surface area contributed by atoms with Gasteiger partial charge in [0.1, 0.15) is 12.1 Å². The Balaban J connectivity index is 1.87. The first-order valence-corrected chi connectivity index (χ1v) is 9.15. The van der Waals surface area contributed by atoms with Crippen molar-refractivity contribution in [2.45, 2.75) is 33.2 Å². The molecule has 0 fully saturated rings. The van der Waals surface area contributed by atoms with Crippen molar-refractivity contribution in [3.05, 3.63) is 31.0 Å². The largest absolute Gasteiger partial charge is 0.496 e. The molecule has 0 amide bonds. The standard InChI is InChI=1S/C19H26N6O/c1-4-6-9-24(5-2)10-11-25-19-16(13-23-25)18(21-14-22-19)15-12-20-8-7-17(15)26-3/h7-8,12-14H,4-6,9-11H2,1-3H3. The SMILES string of the molecule is CCCCN(CC)CCn1ncc2c(-c3cnccc3OC)ncnc21. The molecule has 0 saturated carbocycles. The third-order valence-corrected chi connectivity index (χ3v) is 4.59. The molecular weight excluding hydrogens is 328 g/mol. The van der Waals surface area contributed by atoms with Gasteiger partial charge in [0, 0.05) is 18.9 Å². The molecule has 138 valence electrons. The Morgan fingerprint density at radius 3 is 2.81 bits per heavy atom. The van der Waals surface area contributed by atoms with Crippen LogP contribution in [0.4, 0.5) is 0 Å². The molecule has 0 saturated heterocycles. The number of rotatable bonds is 9. The van der Waals surface area contributed by atoms with Crippen LogP contribution >= 0.6 is 0 Å². The minimum atomic E-state index is 0.740. The van der Waals surface area contributed by atoms with Crippen LogP contribution in [-0.2, 0) is 6.54 Å². The number of aromatic nitrogens is 5. The van der Waals surface area contributed by atoms with Crippen molar-refractivity contribution >= 4 is 11.0 Å². The fourth-order valence-electron chi connectivity index (χ4n) is 3.05. The highest BCUT2D eigenvalue weighted by molar-refractivity contribution is 5.91. The lowest BCUT2D eigenvalue weighted by Crippen LogP contribution is -2.28. The van der Waals surface area contributed by atoms with Gasteiger partial charge in [-0.25, -0.2) is 14.6 Å². The lowest BCUT2D eigenvalue weighted by molar-refractivity contribution is 0.268. The molecule has 0 radical (unpaired) electrons. The van der Waals surface area contributed by atoms with Crippen molar-refractivity contribution < 1.29 is 4.74 Å². The molecule has 0 aromatic carbocycles. The van der Waals surface area contributed by atoms with Gasteiger partial charge in [0.15, 0.2) is 5.65 Å². The number of hydrogen-bond donors (Lipinski definition) is 0. The van der Waals surface area contributed by atoms with Crippen LogP contribution in [0, 0.1) is 0 Å². The van der Waals surface area contributed by atoms with Gasteiger partial charge in [-0.15, -0.1) is 0 Å². The molecule has 0 N–H and O–H groups in total. The van der Waals surface area contributed by atoms with E-state index in [1.807, 2.05) is 16.9 Å². The van der Waals surface area contributed by atoms with E-state index in [2.05, 4.69) is 38.8 Å². The molecule has 26 heavy (non-hydrogen) atoms. The third kappa shape index (κ3) is 3.83. The number of fused-ring (bicyclic) bond motifs is 1. The number of methoxy groups -OCH3 is 1. The second kappa shape index (κ2) is 8.71. The summed E-state index contributed by atoms with van der Waals surface area (Å²) in [4.78, 5) is 15.6. The Kier molecular flexibility index (Phi) is 6.12. The molecule has 0 atom stereocenters. The van der Waals surface area contributed by atoms with Crippen LogP contribution in [0.3, 0.4) is 0 Å². The topological polar surface area (TPSA) is 69.0 Å². The minimum absolute atomic E-state index is 0.740. The summed E-state index contributed by atoms with van der Waals surface area (Å²) in [6.07, 6.45) is 9.32. The predicted octanol–water partition coefficient (Wildman–Crippen LogP) is 3.02. The van der Waals surface area contributed by atoms with Gasteiger partial charge in [0.2, 0.25) is 0 Å². The van der Waals surface area contributed by atoms with Gasteiger partial charge in [-0.05, 0) is 25.6 Å². The molecule has 0 unspecified atom stereocenters. The van der Waals surface area contributed by atoms with E-state index < -0.39 is 0 Å². The zero-order valence-corrected chi connectivity index (χ0v) is 15.7. The summed E-state index contributed by atoms with van der Waals surface area (Å²) >= 11 is 0. The fourth-order valence-corrected chi connectivity index (χ4v) is 3.05. The van der Waals surface area contributed by atoms with Gasteiger partial charge in [0.05, 0.1) is 36.5 Å². The number of pyridine rings is 1. The van der Waals surface area contributed by atoms with Gasteiger partial charge in [-0.3, -0.25) is 4.98 Å². The Hall–Kier alpha value is -2.54. The second-order valence-corrected chi connectivity index (χ2v) is 6.19. The average Bonchev–Trinajstić information content (AvgIpc) is 3.11. The van der Waals surface area contributed by atoms with E-state index in [9.17, 15) is 0 Å².